The van der Waals surface area contributed by atoms with Crippen LogP contribution >= 0.6 is 0 Å². The van der Waals surface area contributed by atoms with Crippen molar-refractivity contribution in [2.45, 2.75) is 6.92 Å². The maximum atomic E-state index is 10.3. The van der Waals surface area contributed by atoms with Crippen LogP contribution in [0.1, 0.15) is 17.3 Å². The zero-order chi connectivity index (χ0) is 11.3. The van der Waals surface area contributed by atoms with Gasteiger partial charge in [0.05, 0.1) is 0 Å². The van der Waals surface area contributed by atoms with Gasteiger partial charge in [-0.05, 0) is 18.2 Å². The number of carbonyl (C=O) groups excluding carboxylic acids is 1. The summed E-state index contributed by atoms with van der Waals surface area (Å²) in [6, 6.07) is 5.09. The number of carboxylic acid groups (broad SMARTS) is 1. The van der Waals surface area contributed by atoms with E-state index in [-0.39, 0.29) is 6.79 Å². The molecule has 1 N–H and O–H groups in total. The van der Waals surface area contributed by atoms with E-state index in [2.05, 4.69) is 0 Å². The average Bonchev–Trinajstić information content (AvgIpc) is 2.63. The lowest BCUT2D eigenvalue weighted by Gasteiger charge is -1.94. The third kappa shape index (κ3) is 3.30. The Morgan fingerprint density at radius 2 is 2.00 bits per heavy atom. The molecule has 0 unspecified atom stereocenters. The van der Waals surface area contributed by atoms with Crippen LogP contribution in [0.4, 0.5) is 0 Å². The molecule has 5 nitrogen and oxygen atoms in total. The maximum absolute atomic E-state index is 10.3. The van der Waals surface area contributed by atoms with Crippen LogP contribution in [0, 0.1) is 0 Å². The number of aldehydes is 1. The predicted molar refractivity (Wildman–Crippen MR) is 51.3 cm³/mol. The summed E-state index contributed by atoms with van der Waals surface area (Å²) in [5.41, 5.74) is 0.606. The highest BCUT2D eigenvalue weighted by atomic mass is 16.7. The monoisotopic (exact) mass is 210 g/mol. The molecule has 0 atom stereocenters. The molecule has 5 heteroatoms. The first-order chi connectivity index (χ1) is 7.13. The smallest absolute Gasteiger partial charge is 0.300 e. The fraction of sp³-hybridized carbons (Fsp3) is 0.200. The SMILES string of the molecule is CC(=O)O.O=Cc1ccc2c(c1)OCO2. The molecule has 0 saturated heterocycles. The number of aliphatic carboxylic acids is 1. The fourth-order valence-electron chi connectivity index (χ4n) is 0.986. The molecule has 1 aromatic carbocycles. The Labute approximate surface area is 86.2 Å². The molecule has 0 aromatic heterocycles. The van der Waals surface area contributed by atoms with Crippen LogP contribution < -0.4 is 9.47 Å². The van der Waals surface area contributed by atoms with E-state index in [0.717, 1.165) is 13.2 Å². The van der Waals surface area contributed by atoms with Gasteiger partial charge in [0.25, 0.3) is 5.97 Å². The van der Waals surface area contributed by atoms with Gasteiger partial charge in [-0.2, -0.15) is 0 Å². The highest BCUT2D eigenvalue weighted by molar-refractivity contribution is 5.76. The molecule has 2 rings (SSSR count). The first-order valence-corrected chi connectivity index (χ1v) is 4.18. The van der Waals surface area contributed by atoms with Crippen LogP contribution in [0.2, 0.25) is 0 Å². The fourth-order valence-corrected chi connectivity index (χ4v) is 0.986. The summed E-state index contributed by atoms with van der Waals surface area (Å²) < 4.78 is 10.1. The Morgan fingerprint density at radius 3 is 2.60 bits per heavy atom. The van der Waals surface area contributed by atoms with Crippen LogP contribution in [0.15, 0.2) is 18.2 Å². The van der Waals surface area contributed by atoms with Crippen molar-refractivity contribution in [1.82, 2.24) is 0 Å². The van der Waals surface area contributed by atoms with Crippen molar-refractivity contribution in [3.05, 3.63) is 23.8 Å². The minimum Gasteiger partial charge on any atom is -0.481 e. The van der Waals surface area contributed by atoms with E-state index in [9.17, 15) is 4.79 Å². The van der Waals surface area contributed by atoms with E-state index in [4.69, 9.17) is 19.4 Å². The number of ether oxygens (including phenoxy) is 2. The van der Waals surface area contributed by atoms with Crippen LogP contribution in [0.3, 0.4) is 0 Å². The van der Waals surface area contributed by atoms with Gasteiger partial charge < -0.3 is 14.6 Å². The lowest BCUT2D eigenvalue weighted by Crippen LogP contribution is -1.92. The largest absolute Gasteiger partial charge is 0.481 e. The van der Waals surface area contributed by atoms with Crippen molar-refractivity contribution in [1.29, 1.82) is 0 Å². The van der Waals surface area contributed by atoms with Gasteiger partial charge in [-0.15, -0.1) is 0 Å². The van der Waals surface area contributed by atoms with E-state index in [1.54, 1.807) is 18.2 Å². The molecule has 0 spiro atoms. The summed E-state index contributed by atoms with van der Waals surface area (Å²) in [5, 5.41) is 7.42. The summed E-state index contributed by atoms with van der Waals surface area (Å²) in [7, 11) is 0. The molecule has 0 radical (unpaired) electrons. The Morgan fingerprint density at radius 1 is 1.40 bits per heavy atom. The number of carbonyl (C=O) groups is 2. The van der Waals surface area contributed by atoms with Crippen molar-refractivity contribution in [2.24, 2.45) is 0 Å². The lowest BCUT2D eigenvalue weighted by molar-refractivity contribution is -0.134. The zero-order valence-electron chi connectivity index (χ0n) is 8.10. The molecule has 0 aliphatic carbocycles. The maximum Gasteiger partial charge on any atom is 0.300 e. The Balaban J connectivity index is 0.000000245. The number of rotatable bonds is 1. The normalized spacial score (nSPS) is 11.3. The summed E-state index contributed by atoms with van der Waals surface area (Å²) >= 11 is 0. The van der Waals surface area contributed by atoms with Gasteiger partial charge >= 0.3 is 0 Å². The van der Waals surface area contributed by atoms with Crippen molar-refractivity contribution in [2.75, 3.05) is 6.79 Å². The second-order valence-electron chi connectivity index (χ2n) is 2.75. The van der Waals surface area contributed by atoms with Crippen LogP contribution in [0.25, 0.3) is 0 Å². The number of hydrogen-bond donors (Lipinski definition) is 1. The first-order valence-electron chi connectivity index (χ1n) is 4.18. The van der Waals surface area contributed by atoms with Gasteiger partial charge in [0, 0.05) is 12.5 Å². The molecular weight excluding hydrogens is 200 g/mol. The molecule has 0 saturated carbocycles. The molecule has 0 bridgehead atoms. The molecule has 15 heavy (non-hydrogen) atoms. The van der Waals surface area contributed by atoms with Gasteiger partial charge in [0.1, 0.15) is 6.29 Å². The molecule has 80 valence electrons. The quantitative estimate of drug-likeness (QED) is 0.707. The van der Waals surface area contributed by atoms with E-state index in [1.807, 2.05) is 0 Å². The standard InChI is InChI=1S/C8H6O3.C2H4O2/c9-4-6-1-2-7-8(3-6)11-5-10-7;1-2(3)4/h1-4H,5H2;1H3,(H,3,4). The summed E-state index contributed by atoms with van der Waals surface area (Å²) in [6.07, 6.45) is 0.780. The number of benzene rings is 1. The summed E-state index contributed by atoms with van der Waals surface area (Å²) in [5.74, 6) is 0.519. The predicted octanol–water partition coefficient (Wildman–Crippen LogP) is 1.32. The topological polar surface area (TPSA) is 72.8 Å². The van der Waals surface area contributed by atoms with E-state index in [0.29, 0.717) is 17.1 Å². The van der Waals surface area contributed by atoms with Gasteiger partial charge in [-0.3, -0.25) is 9.59 Å². The minimum atomic E-state index is -0.833. The summed E-state index contributed by atoms with van der Waals surface area (Å²) in [6.45, 7) is 1.33. The molecule has 0 amide bonds. The minimum absolute atomic E-state index is 0.248. The molecule has 0 fully saturated rings. The Kier molecular flexibility index (Phi) is 3.68. The third-order valence-electron chi connectivity index (χ3n) is 1.53. The van der Waals surface area contributed by atoms with Crippen molar-refractivity contribution >= 4 is 12.3 Å². The van der Waals surface area contributed by atoms with Crippen molar-refractivity contribution in [3.63, 3.8) is 0 Å². The van der Waals surface area contributed by atoms with E-state index in [1.165, 1.54) is 0 Å². The highest BCUT2D eigenvalue weighted by Gasteiger charge is 2.12. The number of fused-ring (bicyclic) bond motifs is 1. The van der Waals surface area contributed by atoms with Crippen molar-refractivity contribution < 1.29 is 24.2 Å². The van der Waals surface area contributed by atoms with Crippen LogP contribution in [-0.2, 0) is 4.79 Å². The molecule has 1 aliphatic rings. The highest BCUT2D eigenvalue weighted by Crippen LogP contribution is 2.31. The van der Waals surface area contributed by atoms with Gasteiger partial charge in [0.15, 0.2) is 11.5 Å². The van der Waals surface area contributed by atoms with Crippen LogP contribution in [0.5, 0.6) is 11.5 Å². The van der Waals surface area contributed by atoms with Gasteiger partial charge in [-0.25, -0.2) is 0 Å². The zero-order valence-corrected chi connectivity index (χ0v) is 8.10. The van der Waals surface area contributed by atoms with Gasteiger partial charge in [0.2, 0.25) is 6.79 Å². The molecular formula is C10H10O5. The second-order valence-corrected chi connectivity index (χ2v) is 2.75. The number of hydrogen-bond acceptors (Lipinski definition) is 4. The lowest BCUT2D eigenvalue weighted by atomic mass is 10.2. The number of carboxylic acids is 1. The van der Waals surface area contributed by atoms with E-state index >= 15 is 0 Å². The summed E-state index contributed by atoms with van der Waals surface area (Å²) in [4.78, 5) is 19.3. The third-order valence-corrected chi connectivity index (χ3v) is 1.53. The molecule has 1 aromatic rings. The van der Waals surface area contributed by atoms with Crippen molar-refractivity contribution in [3.8, 4) is 11.5 Å². The second kappa shape index (κ2) is 4.99. The molecule has 1 aliphatic heterocycles. The van der Waals surface area contributed by atoms with Crippen LogP contribution in [-0.4, -0.2) is 24.2 Å². The first kappa shape index (κ1) is 11.0. The molecule has 1 heterocycles. The van der Waals surface area contributed by atoms with E-state index < -0.39 is 5.97 Å². The Bertz CT molecular complexity index is 368. The Hall–Kier alpha value is -2.04. The average molecular weight is 210 g/mol. The van der Waals surface area contributed by atoms with Gasteiger partial charge in [-0.1, -0.05) is 0 Å².